The molecule has 0 spiro atoms. The van der Waals surface area contributed by atoms with E-state index < -0.39 is 53.8 Å². The summed E-state index contributed by atoms with van der Waals surface area (Å²) in [6.45, 7) is 1.73. The first-order valence-corrected chi connectivity index (χ1v) is 11.3. The van der Waals surface area contributed by atoms with E-state index in [9.17, 15) is 29.1 Å². The van der Waals surface area contributed by atoms with Gasteiger partial charge in [-0.3, -0.25) is 19.2 Å². The highest BCUT2D eigenvalue weighted by atomic mass is 16.4. The Hall–Kier alpha value is -3.93. The number of nitrogens with two attached hydrogens (primary N) is 2. The second kappa shape index (κ2) is 11.0. The van der Waals surface area contributed by atoms with E-state index in [1.807, 2.05) is 24.3 Å². The van der Waals surface area contributed by atoms with Gasteiger partial charge in [0.1, 0.15) is 18.1 Å². The molecule has 4 atom stereocenters. The highest BCUT2D eigenvalue weighted by Crippen LogP contribution is 2.21. The van der Waals surface area contributed by atoms with Crippen molar-refractivity contribution in [2.45, 2.75) is 56.8 Å². The van der Waals surface area contributed by atoms with Crippen molar-refractivity contribution in [2.75, 3.05) is 6.54 Å². The summed E-state index contributed by atoms with van der Waals surface area (Å²) in [7, 11) is 0. The molecule has 0 bridgehead atoms. The van der Waals surface area contributed by atoms with Gasteiger partial charge in [-0.15, -0.1) is 0 Å². The van der Waals surface area contributed by atoms with Gasteiger partial charge >= 0.3 is 5.97 Å². The molecule has 2 heterocycles. The number of nitrogens with zero attached hydrogens (tertiary/aromatic N) is 1. The molecule has 1 fully saturated rings. The zero-order valence-electron chi connectivity index (χ0n) is 19.3. The average Bonchev–Trinajstić information content (AvgIpc) is 3.45. The largest absolute Gasteiger partial charge is 0.480 e. The molecule has 0 aliphatic carbocycles. The Morgan fingerprint density at radius 2 is 1.91 bits per heavy atom. The quantitative estimate of drug-likeness (QED) is 0.247. The van der Waals surface area contributed by atoms with Crippen LogP contribution in [0.15, 0.2) is 30.5 Å². The summed E-state index contributed by atoms with van der Waals surface area (Å²) in [5.74, 6) is -3.74. The number of carboxylic acid groups (broad SMARTS) is 1. The maximum absolute atomic E-state index is 13.0. The van der Waals surface area contributed by atoms with Gasteiger partial charge in [0.2, 0.25) is 23.6 Å². The summed E-state index contributed by atoms with van der Waals surface area (Å²) < 4.78 is 0. The summed E-state index contributed by atoms with van der Waals surface area (Å²) in [5, 5.41) is 15.6. The maximum atomic E-state index is 13.0. The van der Waals surface area contributed by atoms with Crippen LogP contribution in [0, 0.1) is 0 Å². The lowest BCUT2D eigenvalue weighted by Gasteiger charge is -2.28. The van der Waals surface area contributed by atoms with Gasteiger partial charge in [0.25, 0.3) is 0 Å². The van der Waals surface area contributed by atoms with E-state index in [0.717, 1.165) is 16.5 Å². The summed E-state index contributed by atoms with van der Waals surface area (Å²) in [4.78, 5) is 65.3. The normalized spacial score (nSPS) is 18.0. The van der Waals surface area contributed by atoms with Crippen molar-refractivity contribution in [1.82, 2.24) is 20.5 Å². The number of rotatable bonds is 10. The van der Waals surface area contributed by atoms with Gasteiger partial charge in [-0.05, 0) is 31.4 Å². The van der Waals surface area contributed by atoms with Crippen molar-refractivity contribution in [2.24, 2.45) is 11.5 Å². The molecule has 1 saturated heterocycles. The lowest BCUT2D eigenvalue weighted by atomic mass is 10.0. The summed E-state index contributed by atoms with van der Waals surface area (Å²) in [5.41, 5.74) is 12.3. The van der Waals surface area contributed by atoms with Gasteiger partial charge in [-0.25, -0.2) is 4.79 Å². The highest BCUT2D eigenvalue weighted by Gasteiger charge is 2.38. The van der Waals surface area contributed by atoms with Crippen LogP contribution < -0.4 is 22.1 Å². The molecule has 4 unspecified atom stereocenters. The highest BCUT2D eigenvalue weighted by molar-refractivity contribution is 5.95. The van der Waals surface area contributed by atoms with Gasteiger partial charge in [-0.2, -0.15) is 0 Å². The van der Waals surface area contributed by atoms with Crippen LogP contribution in [0.25, 0.3) is 10.9 Å². The first kappa shape index (κ1) is 25.7. The second-order valence-corrected chi connectivity index (χ2v) is 8.66. The molecule has 12 heteroatoms. The van der Waals surface area contributed by atoms with Crippen LogP contribution in [0.3, 0.4) is 0 Å². The molecule has 0 saturated carbocycles. The van der Waals surface area contributed by atoms with Gasteiger partial charge in [0.05, 0.1) is 12.5 Å². The Labute approximate surface area is 201 Å². The number of nitrogens with one attached hydrogen (secondary N) is 3. The number of fused-ring (bicyclic) bond motifs is 1. The Kier molecular flexibility index (Phi) is 8.07. The molecular weight excluding hydrogens is 456 g/mol. The van der Waals surface area contributed by atoms with Crippen molar-refractivity contribution in [3.8, 4) is 0 Å². The number of carbonyl (C=O) groups is 5. The lowest BCUT2D eigenvalue weighted by molar-refractivity contribution is -0.144. The van der Waals surface area contributed by atoms with E-state index in [1.165, 1.54) is 11.8 Å². The molecule has 0 radical (unpaired) electrons. The van der Waals surface area contributed by atoms with Crippen LogP contribution in [0.4, 0.5) is 0 Å². The Morgan fingerprint density at radius 3 is 2.60 bits per heavy atom. The van der Waals surface area contributed by atoms with Crippen molar-refractivity contribution < 1.29 is 29.1 Å². The van der Waals surface area contributed by atoms with E-state index in [2.05, 4.69) is 15.6 Å². The number of amides is 4. The summed E-state index contributed by atoms with van der Waals surface area (Å²) in [6.07, 6.45) is 2.32. The minimum absolute atomic E-state index is 0.0654. The number of hydrogen-bond donors (Lipinski definition) is 6. The molecule has 3 rings (SSSR count). The smallest absolute Gasteiger partial charge is 0.326 e. The third kappa shape index (κ3) is 6.15. The SMILES string of the molecule is CC(NC(=O)C(N)CC(N)=O)C(=O)N1CCCC1C(=O)NC(Cc1c[nH]c2ccccc12)C(=O)O. The molecule has 4 amide bonds. The number of para-hydroxylation sites is 1. The molecule has 8 N–H and O–H groups in total. The van der Waals surface area contributed by atoms with Gasteiger partial charge in [-0.1, -0.05) is 18.2 Å². The third-order valence-corrected chi connectivity index (χ3v) is 6.04. The van der Waals surface area contributed by atoms with Crippen LogP contribution in [0.1, 0.15) is 31.7 Å². The van der Waals surface area contributed by atoms with Crippen molar-refractivity contribution in [3.63, 3.8) is 0 Å². The van der Waals surface area contributed by atoms with E-state index in [4.69, 9.17) is 11.5 Å². The monoisotopic (exact) mass is 486 g/mol. The second-order valence-electron chi connectivity index (χ2n) is 8.66. The first-order chi connectivity index (χ1) is 16.6. The van der Waals surface area contributed by atoms with Gasteiger partial charge in [0, 0.05) is 30.1 Å². The predicted octanol–water partition coefficient (Wildman–Crippen LogP) is -1.02. The van der Waals surface area contributed by atoms with E-state index in [-0.39, 0.29) is 19.4 Å². The zero-order valence-corrected chi connectivity index (χ0v) is 19.3. The molecule has 1 aliphatic heterocycles. The van der Waals surface area contributed by atoms with Crippen LogP contribution in [0.2, 0.25) is 0 Å². The third-order valence-electron chi connectivity index (χ3n) is 6.04. The number of aliphatic carboxylic acids is 1. The van der Waals surface area contributed by atoms with E-state index in [0.29, 0.717) is 12.8 Å². The average molecular weight is 487 g/mol. The number of benzene rings is 1. The van der Waals surface area contributed by atoms with Crippen LogP contribution in [-0.2, 0) is 30.4 Å². The summed E-state index contributed by atoms with van der Waals surface area (Å²) in [6, 6.07) is 3.18. The standard InChI is InChI=1S/C23H30N6O6/c1-12(27-20(31)15(24)10-19(25)30)22(33)29-8-4-7-18(29)21(32)28-17(23(34)35)9-13-11-26-16-6-3-2-5-14(13)16/h2-3,5-6,11-12,15,17-18,26H,4,7-10,24H2,1H3,(H2,25,30)(H,27,31)(H,28,32)(H,34,35). The van der Waals surface area contributed by atoms with E-state index in [1.54, 1.807) is 6.20 Å². The first-order valence-electron chi connectivity index (χ1n) is 11.3. The number of aromatic nitrogens is 1. The van der Waals surface area contributed by atoms with Crippen molar-refractivity contribution >= 4 is 40.5 Å². The van der Waals surface area contributed by atoms with Crippen LogP contribution in [-0.4, -0.2) is 75.3 Å². The maximum Gasteiger partial charge on any atom is 0.326 e. The minimum atomic E-state index is -1.19. The van der Waals surface area contributed by atoms with Crippen molar-refractivity contribution in [3.05, 3.63) is 36.0 Å². The molecule has 188 valence electrons. The fraction of sp³-hybridized carbons (Fsp3) is 0.435. The topological polar surface area (TPSA) is 201 Å². The van der Waals surface area contributed by atoms with Gasteiger partial charge < -0.3 is 37.1 Å². The van der Waals surface area contributed by atoms with Crippen molar-refractivity contribution in [1.29, 1.82) is 0 Å². The van der Waals surface area contributed by atoms with E-state index >= 15 is 0 Å². The number of aromatic amines is 1. The summed E-state index contributed by atoms with van der Waals surface area (Å²) >= 11 is 0. The molecule has 2 aromatic rings. The minimum Gasteiger partial charge on any atom is -0.480 e. The Balaban J connectivity index is 1.64. The number of hydrogen-bond acceptors (Lipinski definition) is 6. The molecular formula is C23H30N6O6. The van der Waals surface area contributed by atoms with Crippen LogP contribution >= 0.6 is 0 Å². The number of likely N-dealkylation sites (tertiary alicyclic amines) is 1. The predicted molar refractivity (Wildman–Crippen MR) is 126 cm³/mol. The Morgan fingerprint density at radius 1 is 1.20 bits per heavy atom. The number of carboxylic acids is 1. The fourth-order valence-electron chi connectivity index (χ4n) is 4.23. The van der Waals surface area contributed by atoms with Crippen LogP contribution in [0.5, 0.6) is 0 Å². The van der Waals surface area contributed by atoms with Gasteiger partial charge in [0.15, 0.2) is 0 Å². The molecule has 1 aromatic carbocycles. The Bertz CT molecular complexity index is 1130. The number of primary amides is 1. The fourth-order valence-corrected chi connectivity index (χ4v) is 4.23. The number of H-pyrrole nitrogens is 1. The lowest BCUT2D eigenvalue weighted by Crippen LogP contribution is -2.56. The zero-order chi connectivity index (χ0) is 25.7. The number of carbonyl (C=O) groups excluding carboxylic acids is 4. The molecule has 1 aromatic heterocycles. The molecule has 35 heavy (non-hydrogen) atoms. The molecule has 1 aliphatic rings. The molecule has 12 nitrogen and oxygen atoms in total.